The number of hydrogen-bond donors (Lipinski definition) is 6. The minimum Gasteiger partial charge on any atom is -0.507 e. The van der Waals surface area contributed by atoms with Crippen molar-refractivity contribution in [2.75, 3.05) is 6.61 Å². The minimum atomic E-state index is -1.80. The predicted molar refractivity (Wildman–Crippen MR) is 119 cm³/mol. The van der Waals surface area contributed by atoms with Crippen molar-refractivity contribution in [1.82, 2.24) is 0 Å². The van der Waals surface area contributed by atoms with E-state index in [9.17, 15) is 45.0 Å². The van der Waals surface area contributed by atoms with Gasteiger partial charge in [0.25, 0.3) is 0 Å². The van der Waals surface area contributed by atoms with Gasteiger partial charge in [-0.1, -0.05) is 0 Å². The lowest BCUT2D eigenvalue weighted by Gasteiger charge is -2.40. The van der Waals surface area contributed by atoms with Gasteiger partial charge in [0, 0.05) is 11.6 Å². The number of rotatable bonds is 5. The van der Waals surface area contributed by atoms with Crippen molar-refractivity contribution in [1.29, 1.82) is 0 Å². The lowest BCUT2D eigenvalue weighted by Crippen LogP contribution is -2.60. The van der Waals surface area contributed by atoms with Gasteiger partial charge in [-0.15, -0.1) is 0 Å². The summed E-state index contributed by atoms with van der Waals surface area (Å²) in [4.78, 5) is 38.2. The number of ketones is 3. The Morgan fingerprint density at radius 3 is 2.28 bits per heavy atom. The number of Topliss-reactive ketones (excluding diaryl/α,β-unsaturated/α-hetero) is 3. The van der Waals surface area contributed by atoms with E-state index < -0.39 is 77.2 Å². The third-order valence-corrected chi connectivity index (χ3v) is 6.81. The zero-order valence-electron chi connectivity index (χ0n) is 19.8. The lowest BCUT2D eigenvalue weighted by atomic mass is 9.71. The molecule has 1 unspecified atom stereocenters. The Labute approximate surface area is 204 Å². The highest BCUT2D eigenvalue weighted by molar-refractivity contribution is 6.25. The Morgan fingerprint density at radius 2 is 1.72 bits per heavy atom. The van der Waals surface area contributed by atoms with Gasteiger partial charge in [0.15, 0.2) is 17.3 Å². The Bertz CT molecular complexity index is 1240. The number of benzene rings is 1. The summed E-state index contributed by atoms with van der Waals surface area (Å²) >= 11 is 0. The molecule has 3 aliphatic rings. The van der Waals surface area contributed by atoms with Crippen molar-refractivity contribution >= 4 is 17.3 Å². The molecule has 4 rings (SSSR count). The lowest BCUT2D eigenvalue weighted by molar-refractivity contribution is -0.277. The number of fused-ring (bicyclic) bond motifs is 3. The molecule has 6 N–H and O–H groups in total. The zero-order chi connectivity index (χ0) is 26.9. The maximum absolute atomic E-state index is 13.4. The molecule has 1 fully saturated rings. The SMILES string of the molecule is CC(=O)C1=C(O)C=C2Oc3c(C(C)=O)c(O[C@@H]4O[C@H](CO)[C@@H](O)[C@H](O)[C@H]4O)c(C)c(O)c3C2(C)C1=O. The summed E-state index contributed by atoms with van der Waals surface area (Å²) < 4.78 is 16.9. The number of aromatic hydroxyl groups is 1. The Morgan fingerprint density at radius 1 is 1.08 bits per heavy atom. The largest absolute Gasteiger partial charge is 0.507 e. The smallest absolute Gasteiger partial charge is 0.229 e. The number of phenolic OH excluding ortho intramolecular Hbond substituents is 1. The van der Waals surface area contributed by atoms with Crippen molar-refractivity contribution in [2.24, 2.45) is 0 Å². The van der Waals surface area contributed by atoms with E-state index in [-0.39, 0.29) is 33.9 Å². The number of aliphatic hydroxyl groups is 5. The van der Waals surface area contributed by atoms with Crippen LogP contribution in [0, 0.1) is 6.92 Å². The first-order valence-corrected chi connectivity index (χ1v) is 11.0. The Hall–Kier alpha value is -3.29. The van der Waals surface area contributed by atoms with Crippen LogP contribution in [-0.2, 0) is 19.7 Å². The third-order valence-electron chi connectivity index (χ3n) is 6.81. The molecule has 1 saturated heterocycles. The molecule has 0 saturated carbocycles. The van der Waals surface area contributed by atoms with E-state index in [0.717, 1.165) is 19.9 Å². The van der Waals surface area contributed by atoms with Gasteiger partial charge in [-0.05, 0) is 27.7 Å². The van der Waals surface area contributed by atoms with Gasteiger partial charge in [-0.2, -0.15) is 0 Å². The second-order valence-corrected chi connectivity index (χ2v) is 9.13. The molecule has 36 heavy (non-hydrogen) atoms. The van der Waals surface area contributed by atoms with Gasteiger partial charge in [0.05, 0.1) is 12.2 Å². The molecule has 1 aromatic carbocycles. The summed E-state index contributed by atoms with van der Waals surface area (Å²) in [5, 5.41) is 61.3. The highest BCUT2D eigenvalue weighted by atomic mass is 16.7. The average molecular weight is 506 g/mol. The van der Waals surface area contributed by atoms with Gasteiger partial charge in [-0.3, -0.25) is 14.4 Å². The normalized spacial score (nSPS) is 31.4. The van der Waals surface area contributed by atoms with Crippen molar-refractivity contribution in [3.8, 4) is 17.2 Å². The molecule has 2 aliphatic heterocycles. The molecule has 0 aromatic heterocycles. The van der Waals surface area contributed by atoms with Crippen LogP contribution in [0.3, 0.4) is 0 Å². The van der Waals surface area contributed by atoms with Crippen LogP contribution in [0.15, 0.2) is 23.2 Å². The fourth-order valence-electron chi connectivity index (χ4n) is 4.77. The molecular weight excluding hydrogens is 480 g/mol. The summed E-state index contributed by atoms with van der Waals surface area (Å²) in [5.41, 5.74) is -2.65. The summed E-state index contributed by atoms with van der Waals surface area (Å²) in [5.74, 6) is -4.00. The van der Waals surface area contributed by atoms with Gasteiger partial charge in [0.1, 0.15) is 69.7 Å². The second-order valence-electron chi connectivity index (χ2n) is 9.13. The molecule has 0 amide bonds. The van der Waals surface area contributed by atoms with Crippen molar-refractivity contribution in [3.63, 3.8) is 0 Å². The van der Waals surface area contributed by atoms with Crippen LogP contribution in [0.4, 0.5) is 0 Å². The quantitative estimate of drug-likeness (QED) is 0.223. The third kappa shape index (κ3) is 3.44. The van der Waals surface area contributed by atoms with E-state index in [1.54, 1.807) is 0 Å². The van der Waals surface area contributed by atoms with Crippen molar-refractivity contribution < 1.29 is 59.2 Å². The first-order chi connectivity index (χ1) is 16.8. The van der Waals surface area contributed by atoms with Crippen LogP contribution in [0.5, 0.6) is 17.2 Å². The van der Waals surface area contributed by atoms with E-state index in [0.29, 0.717) is 0 Å². The van der Waals surface area contributed by atoms with Crippen LogP contribution in [0.2, 0.25) is 0 Å². The van der Waals surface area contributed by atoms with E-state index in [2.05, 4.69) is 0 Å². The molecule has 1 aromatic rings. The number of carbonyl (C=O) groups is 3. The van der Waals surface area contributed by atoms with Crippen LogP contribution >= 0.6 is 0 Å². The maximum atomic E-state index is 13.4. The highest BCUT2D eigenvalue weighted by Gasteiger charge is 2.56. The summed E-state index contributed by atoms with van der Waals surface area (Å²) in [6, 6.07) is 0. The Kier molecular flexibility index (Phi) is 6.22. The molecule has 12 heteroatoms. The van der Waals surface area contributed by atoms with E-state index >= 15 is 0 Å². The fraction of sp³-hybridized carbons (Fsp3) is 0.458. The topological polar surface area (TPSA) is 200 Å². The molecule has 12 nitrogen and oxygen atoms in total. The second kappa shape index (κ2) is 8.68. The first kappa shape index (κ1) is 25.8. The van der Waals surface area contributed by atoms with Gasteiger partial charge < -0.3 is 44.8 Å². The summed E-state index contributed by atoms with van der Waals surface area (Å²) in [6.07, 6.45) is -7.12. The molecule has 0 radical (unpaired) electrons. The molecule has 1 aliphatic carbocycles. The molecular formula is C24H26O12. The van der Waals surface area contributed by atoms with E-state index in [1.807, 2.05) is 0 Å². The van der Waals surface area contributed by atoms with Crippen molar-refractivity contribution in [3.05, 3.63) is 39.9 Å². The average Bonchev–Trinajstić information content (AvgIpc) is 3.10. The minimum absolute atomic E-state index is 0.0575. The standard InChI is InChI=1S/C24H26O12/c1-7-16(29)15-21(35-12-5-10(28)13(8(2)26)22(33)24(12,15)4)14(9(3)27)20(7)36-23-19(32)18(31)17(30)11(6-25)34-23/h5,11,17-19,23,25,28-32H,6H2,1-4H3/t11-,17-,18+,19-,23+,24?/m1/s1. The molecule has 6 atom stereocenters. The molecule has 194 valence electrons. The molecule has 2 heterocycles. The molecule has 0 spiro atoms. The van der Waals surface area contributed by atoms with Gasteiger partial charge in [-0.25, -0.2) is 0 Å². The number of carbonyl (C=O) groups excluding carboxylic acids is 3. The molecule has 0 bridgehead atoms. The first-order valence-electron chi connectivity index (χ1n) is 11.0. The monoisotopic (exact) mass is 506 g/mol. The van der Waals surface area contributed by atoms with Crippen LogP contribution in [-0.4, -0.2) is 85.3 Å². The number of allylic oxidation sites excluding steroid dienone is 3. The van der Waals surface area contributed by atoms with Crippen LogP contribution in [0.25, 0.3) is 0 Å². The maximum Gasteiger partial charge on any atom is 0.229 e. The highest BCUT2D eigenvalue weighted by Crippen LogP contribution is 2.58. The summed E-state index contributed by atoms with van der Waals surface area (Å²) in [6.45, 7) is 4.28. The number of phenols is 1. The van der Waals surface area contributed by atoms with Gasteiger partial charge in [0.2, 0.25) is 6.29 Å². The summed E-state index contributed by atoms with van der Waals surface area (Å²) in [7, 11) is 0. The van der Waals surface area contributed by atoms with Crippen molar-refractivity contribution in [2.45, 2.75) is 63.8 Å². The Balaban J connectivity index is 1.88. The predicted octanol–water partition coefficient (Wildman–Crippen LogP) is -0.400. The van der Waals surface area contributed by atoms with Gasteiger partial charge >= 0.3 is 0 Å². The fourth-order valence-corrected chi connectivity index (χ4v) is 4.77. The van der Waals surface area contributed by atoms with E-state index in [4.69, 9.17) is 14.2 Å². The zero-order valence-corrected chi connectivity index (χ0v) is 19.8. The number of ether oxygens (including phenoxy) is 3. The van der Waals surface area contributed by atoms with Crippen LogP contribution < -0.4 is 9.47 Å². The number of aliphatic hydroxyl groups excluding tert-OH is 5. The van der Waals surface area contributed by atoms with Crippen LogP contribution in [0.1, 0.15) is 42.3 Å². The van der Waals surface area contributed by atoms with E-state index in [1.165, 1.54) is 13.8 Å². The number of hydrogen-bond acceptors (Lipinski definition) is 12.